The second-order valence-corrected chi connectivity index (χ2v) is 4.51. The SMILES string of the molecule is NC(Cc1ccc(O)cc1-c1ccccc1O)C(=O)O. The van der Waals surface area contributed by atoms with Crippen molar-refractivity contribution in [1.29, 1.82) is 0 Å². The van der Waals surface area contributed by atoms with Crippen LogP contribution in [0.2, 0.25) is 0 Å². The highest BCUT2D eigenvalue weighted by Gasteiger charge is 2.16. The van der Waals surface area contributed by atoms with Gasteiger partial charge in [0.05, 0.1) is 0 Å². The van der Waals surface area contributed by atoms with E-state index in [-0.39, 0.29) is 17.9 Å². The van der Waals surface area contributed by atoms with Crippen molar-refractivity contribution >= 4 is 5.97 Å². The third-order valence-electron chi connectivity index (χ3n) is 3.04. The zero-order chi connectivity index (χ0) is 14.7. The first-order chi connectivity index (χ1) is 9.49. The summed E-state index contributed by atoms with van der Waals surface area (Å²) in [6.45, 7) is 0. The quantitative estimate of drug-likeness (QED) is 0.679. The van der Waals surface area contributed by atoms with E-state index in [0.717, 1.165) is 0 Å². The fourth-order valence-corrected chi connectivity index (χ4v) is 2.02. The fraction of sp³-hybridized carbons (Fsp3) is 0.133. The maximum Gasteiger partial charge on any atom is 0.320 e. The van der Waals surface area contributed by atoms with Crippen LogP contribution in [0, 0.1) is 0 Å². The topological polar surface area (TPSA) is 104 Å². The van der Waals surface area contributed by atoms with Gasteiger partial charge in [-0.25, -0.2) is 0 Å². The molecule has 0 aromatic heterocycles. The third-order valence-corrected chi connectivity index (χ3v) is 3.04. The van der Waals surface area contributed by atoms with E-state index in [1.165, 1.54) is 18.2 Å². The van der Waals surface area contributed by atoms with Gasteiger partial charge in [0.1, 0.15) is 17.5 Å². The maximum atomic E-state index is 10.9. The molecule has 0 amide bonds. The summed E-state index contributed by atoms with van der Waals surface area (Å²) in [6, 6.07) is 10.2. The number of rotatable bonds is 4. The van der Waals surface area contributed by atoms with E-state index in [4.69, 9.17) is 10.8 Å². The summed E-state index contributed by atoms with van der Waals surface area (Å²) < 4.78 is 0. The number of phenolic OH excluding ortho intramolecular Hbond substituents is 2. The van der Waals surface area contributed by atoms with Crippen LogP contribution in [0.25, 0.3) is 11.1 Å². The molecular weight excluding hydrogens is 258 g/mol. The van der Waals surface area contributed by atoms with Gasteiger partial charge in [0.25, 0.3) is 0 Å². The first-order valence-electron chi connectivity index (χ1n) is 6.07. The minimum atomic E-state index is -1.10. The van der Waals surface area contributed by atoms with Crippen molar-refractivity contribution in [1.82, 2.24) is 0 Å². The van der Waals surface area contributed by atoms with Gasteiger partial charge in [0.2, 0.25) is 0 Å². The van der Waals surface area contributed by atoms with E-state index in [0.29, 0.717) is 16.7 Å². The predicted molar refractivity (Wildman–Crippen MR) is 74.5 cm³/mol. The standard InChI is InChI=1S/C15H15NO4/c16-13(15(19)20)7-9-5-6-10(17)8-12(9)11-3-1-2-4-14(11)18/h1-6,8,13,17-18H,7,16H2,(H,19,20). The zero-order valence-electron chi connectivity index (χ0n) is 10.7. The van der Waals surface area contributed by atoms with Crippen LogP contribution >= 0.6 is 0 Å². The molecule has 104 valence electrons. The van der Waals surface area contributed by atoms with Crippen molar-refractivity contribution in [3.63, 3.8) is 0 Å². The Labute approximate surface area is 115 Å². The molecule has 2 aromatic carbocycles. The molecule has 5 heteroatoms. The van der Waals surface area contributed by atoms with E-state index in [1.807, 2.05) is 0 Å². The Kier molecular flexibility index (Phi) is 3.91. The second-order valence-electron chi connectivity index (χ2n) is 4.51. The summed E-state index contributed by atoms with van der Waals surface area (Å²) in [5, 5.41) is 28.4. The Balaban J connectivity index is 2.49. The Morgan fingerprint density at radius 3 is 2.45 bits per heavy atom. The van der Waals surface area contributed by atoms with Gasteiger partial charge >= 0.3 is 5.97 Å². The number of phenols is 2. The van der Waals surface area contributed by atoms with Crippen molar-refractivity contribution in [3.8, 4) is 22.6 Å². The number of carboxylic acid groups (broad SMARTS) is 1. The highest BCUT2D eigenvalue weighted by molar-refractivity contribution is 5.77. The molecule has 2 aromatic rings. The molecule has 2 rings (SSSR count). The molecule has 20 heavy (non-hydrogen) atoms. The lowest BCUT2D eigenvalue weighted by Crippen LogP contribution is -2.32. The van der Waals surface area contributed by atoms with E-state index in [9.17, 15) is 15.0 Å². The van der Waals surface area contributed by atoms with Crippen LogP contribution < -0.4 is 5.73 Å². The smallest absolute Gasteiger partial charge is 0.320 e. The number of hydrogen-bond donors (Lipinski definition) is 4. The number of aromatic hydroxyl groups is 2. The van der Waals surface area contributed by atoms with Gasteiger partial charge in [0.15, 0.2) is 0 Å². The number of aliphatic carboxylic acids is 1. The molecule has 5 nitrogen and oxygen atoms in total. The minimum absolute atomic E-state index is 0.0379. The molecule has 0 bridgehead atoms. The van der Waals surface area contributed by atoms with Crippen LogP contribution in [0.1, 0.15) is 5.56 Å². The summed E-state index contributed by atoms with van der Waals surface area (Å²) in [7, 11) is 0. The van der Waals surface area contributed by atoms with Gasteiger partial charge in [-0.2, -0.15) is 0 Å². The number of hydrogen-bond acceptors (Lipinski definition) is 4. The number of nitrogens with two attached hydrogens (primary N) is 1. The van der Waals surface area contributed by atoms with Crippen LogP contribution in [-0.2, 0) is 11.2 Å². The van der Waals surface area contributed by atoms with E-state index >= 15 is 0 Å². The average molecular weight is 273 g/mol. The van der Waals surface area contributed by atoms with Crippen molar-refractivity contribution < 1.29 is 20.1 Å². The maximum absolute atomic E-state index is 10.9. The zero-order valence-corrected chi connectivity index (χ0v) is 10.7. The fourth-order valence-electron chi connectivity index (χ4n) is 2.02. The van der Waals surface area contributed by atoms with Crippen molar-refractivity contribution in [2.45, 2.75) is 12.5 Å². The Bertz CT molecular complexity index is 640. The molecule has 1 unspecified atom stereocenters. The lowest BCUT2D eigenvalue weighted by atomic mass is 9.94. The lowest BCUT2D eigenvalue weighted by molar-refractivity contribution is -0.138. The summed E-state index contributed by atoms with van der Waals surface area (Å²) in [5.41, 5.74) is 7.29. The van der Waals surface area contributed by atoms with Crippen LogP contribution in [-0.4, -0.2) is 27.3 Å². The second kappa shape index (κ2) is 5.63. The monoisotopic (exact) mass is 273 g/mol. The molecule has 0 heterocycles. The van der Waals surface area contributed by atoms with Gasteiger partial charge in [-0.05, 0) is 35.7 Å². The van der Waals surface area contributed by atoms with Crippen molar-refractivity contribution in [3.05, 3.63) is 48.0 Å². The number of benzene rings is 2. The van der Waals surface area contributed by atoms with Gasteiger partial charge in [-0.3, -0.25) is 4.79 Å². The molecule has 0 radical (unpaired) electrons. The Morgan fingerprint density at radius 2 is 1.80 bits per heavy atom. The van der Waals surface area contributed by atoms with Crippen LogP contribution in [0.5, 0.6) is 11.5 Å². The van der Waals surface area contributed by atoms with Gasteiger partial charge < -0.3 is 21.1 Å². The largest absolute Gasteiger partial charge is 0.508 e. The van der Waals surface area contributed by atoms with Crippen LogP contribution in [0.4, 0.5) is 0 Å². The van der Waals surface area contributed by atoms with Gasteiger partial charge in [-0.1, -0.05) is 24.3 Å². The molecule has 0 aliphatic rings. The normalized spacial score (nSPS) is 12.1. The Hall–Kier alpha value is -2.53. The average Bonchev–Trinajstić information content (AvgIpc) is 2.41. The van der Waals surface area contributed by atoms with E-state index in [1.54, 1.807) is 24.3 Å². The number of carbonyl (C=O) groups is 1. The first kappa shape index (κ1) is 13.9. The highest BCUT2D eigenvalue weighted by Crippen LogP contribution is 2.34. The molecular formula is C15H15NO4. The highest BCUT2D eigenvalue weighted by atomic mass is 16.4. The molecule has 0 saturated heterocycles. The molecule has 0 fully saturated rings. The summed E-state index contributed by atoms with van der Waals surface area (Å²) >= 11 is 0. The first-order valence-corrected chi connectivity index (χ1v) is 6.07. The molecule has 0 aliphatic heterocycles. The van der Waals surface area contributed by atoms with Crippen molar-refractivity contribution in [2.75, 3.05) is 0 Å². The minimum Gasteiger partial charge on any atom is -0.508 e. The lowest BCUT2D eigenvalue weighted by Gasteiger charge is -2.13. The van der Waals surface area contributed by atoms with E-state index in [2.05, 4.69) is 0 Å². The van der Waals surface area contributed by atoms with E-state index < -0.39 is 12.0 Å². The molecule has 1 atom stereocenters. The van der Waals surface area contributed by atoms with Gasteiger partial charge in [-0.15, -0.1) is 0 Å². The summed E-state index contributed by atoms with van der Waals surface area (Å²) in [6.07, 6.45) is 0.110. The third kappa shape index (κ3) is 2.89. The van der Waals surface area contributed by atoms with Gasteiger partial charge in [0, 0.05) is 5.56 Å². The predicted octanol–water partition coefficient (Wildman–Crippen LogP) is 1.72. The number of carboxylic acids is 1. The molecule has 0 spiro atoms. The van der Waals surface area contributed by atoms with Crippen molar-refractivity contribution in [2.24, 2.45) is 5.73 Å². The molecule has 5 N–H and O–H groups in total. The summed E-state index contributed by atoms with van der Waals surface area (Å²) in [4.78, 5) is 10.9. The molecule has 0 aliphatic carbocycles. The Morgan fingerprint density at radius 1 is 1.10 bits per heavy atom. The number of para-hydroxylation sites is 1. The molecule has 0 saturated carbocycles. The summed E-state index contributed by atoms with van der Waals surface area (Å²) in [5.74, 6) is -1.000. The van der Waals surface area contributed by atoms with Crippen LogP contribution in [0.15, 0.2) is 42.5 Å². The van der Waals surface area contributed by atoms with Crippen LogP contribution in [0.3, 0.4) is 0 Å².